The van der Waals surface area contributed by atoms with Crippen molar-refractivity contribution < 1.29 is 14.3 Å². The van der Waals surface area contributed by atoms with Gasteiger partial charge in [0.25, 0.3) is 0 Å². The molecule has 25 heavy (non-hydrogen) atoms. The van der Waals surface area contributed by atoms with Gasteiger partial charge in [-0.05, 0) is 37.8 Å². The normalized spacial score (nSPS) is 20.6. The summed E-state index contributed by atoms with van der Waals surface area (Å²) in [5.41, 5.74) is 0.825. The summed E-state index contributed by atoms with van der Waals surface area (Å²) in [6, 6.07) is 4.21. The molecule has 1 N–H and O–H groups in total. The largest absolute Gasteiger partial charge is 0.495 e. The number of fused-ring (bicyclic) bond motifs is 1. The van der Waals surface area contributed by atoms with E-state index >= 15 is 0 Å². The third-order valence-electron chi connectivity index (χ3n) is 4.89. The lowest BCUT2D eigenvalue weighted by molar-refractivity contribution is -0.125. The maximum Gasteiger partial charge on any atom is 0.225 e. The molecule has 1 unspecified atom stereocenters. The zero-order valence-electron chi connectivity index (χ0n) is 14.6. The first-order valence-electron chi connectivity index (χ1n) is 8.76. The highest BCUT2D eigenvalue weighted by molar-refractivity contribution is 7.22. The van der Waals surface area contributed by atoms with Crippen molar-refractivity contribution in [1.29, 1.82) is 0 Å². The van der Waals surface area contributed by atoms with E-state index in [4.69, 9.17) is 14.5 Å². The number of carbonyl (C=O) groups excluding carboxylic acids is 1. The van der Waals surface area contributed by atoms with E-state index in [1.807, 2.05) is 12.1 Å². The molecule has 2 heterocycles. The SMILES string of the molecule is COc1ccc(OC)c2sc(N3CCCC(C(=O)NC4CC4)C3)nc12. The van der Waals surface area contributed by atoms with E-state index in [0.29, 0.717) is 6.04 Å². The number of ether oxygens (including phenoxy) is 2. The Kier molecular flexibility index (Phi) is 4.41. The first kappa shape index (κ1) is 16.4. The number of benzene rings is 1. The average molecular weight is 361 g/mol. The highest BCUT2D eigenvalue weighted by atomic mass is 32.1. The molecule has 1 atom stereocenters. The molecule has 0 radical (unpaired) electrons. The zero-order chi connectivity index (χ0) is 17.4. The minimum Gasteiger partial charge on any atom is -0.495 e. The van der Waals surface area contributed by atoms with Gasteiger partial charge in [-0.15, -0.1) is 0 Å². The minimum atomic E-state index is 0.0464. The van der Waals surface area contributed by atoms with Crippen molar-refractivity contribution in [2.75, 3.05) is 32.2 Å². The van der Waals surface area contributed by atoms with E-state index in [1.165, 1.54) is 0 Å². The number of hydrogen-bond donors (Lipinski definition) is 1. The predicted molar refractivity (Wildman–Crippen MR) is 98.8 cm³/mol. The van der Waals surface area contributed by atoms with Crippen molar-refractivity contribution in [3.63, 3.8) is 0 Å². The van der Waals surface area contributed by atoms with Gasteiger partial charge in [0.2, 0.25) is 5.91 Å². The van der Waals surface area contributed by atoms with Crippen molar-refractivity contribution in [3.8, 4) is 11.5 Å². The summed E-state index contributed by atoms with van der Waals surface area (Å²) in [4.78, 5) is 19.4. The van der Waals surface area contributed by atoms with Crippen LogP contribution >= 0.6 is 11.3 Å². The van der Waals surface area contributed by atoms with Crippen LogP contribution in [-0.2, 0) is 4.79 Å². The van der Waals surface area contributed by atoms with Crippen LogP contribution in [0.2, 0.25) is 0 Å². The summed E-state index contributed by atoms with van der Waals surface area (Å²) in [6.07, 6.45) is 4.21. The molecule has 2 fully saturated rings. The van der Waals surface area contributed by atoms with Crippen molar-refractivity contribution in [2.45, 2.75) is 31.7 Å². The van der Waals surface area contributed by atoms with Gasteiger partial charge in [-0.1, -0.05) is 11.3 Å². The molecule has 0 bridgehead atoms. The summed E-state index contributed by atoms with van der Waals surface area (Å²) in [6.45, 7) is 1.65. The van der Waals surface area contributed by atoms with Crippen molar-refractivity contribution in [2.24, 2.45) is 5.92 Å². The van der Waals surface area contributed by atoms with Gasteiger partial charge in [0.05, 0.1) is 20.1 Å². The highest BCUT2D eigenvalue weighted by Crippen LogP contribution is 2.40. The molecule has 1 aromatic carbocycles. The molecule has 2 aromatic rings. The van der Waals surface area contributed by atoms with Crippen molar-refractivity contribution in [1.82, 2.24) is 10.3 Å². The van der Waals surface area contributed by atoms with E-state index in [-0.39, 0.29) is 11.8 Å². The van der Waals surface area contributed by atoms with E-state index < -0.39 is 0 Å². The fraction of sp³-hybridized carbons (Fsp3) is 0.556. The van der Waals surface area contributed by atoms with Crippen LogP contribution < -0.4 is 19.7 Å². The number of aromatic nitrogens is 1. The number of rotatable bonds is 5. The van der Waals surface area contributed by atoms with Crippen LogP contribution in [0.1, 0.15) is 25.7 Å². The quantitative estimate of drug-likeness (QED) is 0.887. The summed E-state index contributed by atoms with van der Waals surface area (Å²) in [5.74, 6) is 1.80. The number of methoxy groups -OCH3 is 2. The third-order valence-corrected chi connectivity index (χ3v) is 6.02. The second-order valence-electron chi connectivity index (χ2n) is 6.71. The summed E-state index contributed by atoms with van der Waals surface area (Å²) in [5, 5.41) is 4.07. The fourth-order valence-electron chi connectivity index (χ4n) is 3.32. The summed E-state index contributed by atoms with van der Waals surface area (Å²) in [7, 11) is 3.32. The lowest BCUT2D eigenvalue weighted by Crippen LogP contribution is -2.43. The molecule has 1 saturated carbocycles. The number of thiazole rings is 1. The van der Waals surface area contributed by atoms with Gasteiger partial charge < -0.3 is 19.7 Å². The third kappa shape index (κ3) is 3.25. The van der Waals surface area contributed by atoms with E-state index in [9.17, 15) is 4.79 Å². The van der Waals surface area contributed by atoms with Gasteiger partial charge in [0.1, 0.15) is 21.7 Å². The molecule has 6 nitrogen and oxygen atoms in total. The lowest BCUT2D eigenvalue weighted by atomic mass is 9.97. The van der Waals surface area contributed by atoms with Crippen LogP contribution in [0.4, 0.5) is 5.13 Å². The number of piperidine rings is 1. The molecule has 2 aliphatic rings. The molecule has 0 spiro atoms. The second kappa shape index (κ2) is 6.71. The fourth-order valence-corrected chi connectivity index (χ4v) is 4.43. The molecule has 4 rings (SSSR count). The monoisotopic (exact) mass is 361 g/mol. The number of nitrogens with one attached hydrogen (secondary N) is 1. The Hall–Kier alpha value is -2.02. The molecular formula is C18H23N3O3S. The van der Waals surface area contributed by atoms with Crippen molar-refractivity contribution in [3.05, 3.63) is 12.1 Å². The predicted octanol–water partition coefficient (Wildman–Crippen LogP) is 2.81. The van der Waals surface area contributed by atoms with Gasteiger partial charge in [-0.25, -0.2) is 4.98 Å². The molecule has 7 heteroatoms. The van der Waals surface area contributed by atoms with Crippen LogP contribution in [-0.4, -0.2) is 44.2 Å². The lowest BCUT2D eigenvalue weighted by Gasteiger charge is -2.31. The zero-order valence-corrected chi connectivity index (χ0v) is 15.4. The second-order valence-corrected chi connectivity index (χ2v) is 7.69. The number of hydrogen-bond acceptors (Lipinski definition) is 6. The van der Waals surface area contributed by atoms with Crippen LogP contribution in [0, 0.1) is 5.92 Å². The van der Waals surface area contributed by atoms with Crippen molar-refractivity contribution >= 4 is 32.6 Å². The molecule has 1 amide bonds. The van der Waals surface area contributed by atoms with Crippen LogP contribution in [0.3, 0.4) is 0 Å². The molecule has 1 aliphatic carbocycles. The van der Waals surface area contributed by atoms with Gasteiger partial charge in [0, 0.05) is 19.1 Å². The Morgan fingerprint density at radius 3 is 2.72 bits per heavy atom. The maximum atomic E-state index is 12.4. The van der Waals surface area contributed by atoms with Gasteiger partial charge in [-0.3, -0.25) is 4.79 Å². The van der Waals surface area contributed by atoms with Gasteiger partial charge >= 0.3 is 0 Å². The highest BCUT2D eigenvalue weighted by Gasteiger charge is 2.31. The summed E-state index contributed by atoms with van der Waals surface area (Å²) >= 11 is 1.60. The van der Waals surface area contributed by atoms with Crippen LogP contribution in [0.25, 0.3) is 10.2 Å². The molecular weight excluding hydrogens is 338 g/mol. The Labute approximate surface area is 151 Å². The smallest absolute Gasteiger partial charge is 0.225 e. The van der Waals surface area contributed by atoms with Crippen LogP contribution in [0.15, 0.2) is 12.1 Å². The Bertz CT molecular complexity index is 746. The molecule has 1 aromatic heterocycles. The Morgan fingerprint density at radius 1 is 1.24 bits per heavy atom. The Balaban J connectivity index is 1.58. The van der Waals surface area contributed by atoms with Crippen LogP contribution in [0.5, 0.6) is 11.5 Å². The van der Waals surface area contributed by atoms with E-state index in [1.54, 1.807) is 25.6 Å². The minimum absolute atomic E-state index is 0.0464. The number of amides is 1. The average Bonchev–Trinajstić information content (AvgIpc) is 3.34. The first-order chi connectivity index (χ1) is 12.2. The van der Waals surface area contributed by atoms with E-state index in [2.05, 4.69) is 10.2 Å². The topological polar surface area (TPSA) is 63.7 Å². The first-order valence-corrected chi connectivity index (χ1v) is 9.58. The van der Waals surface area contributed by atoms with Gasteiger partial charge in [-0.2, -0.15) is 0 Å². The molecule has 1 aliphatic heterocycles. The maximum absolute atomic E-state index is 12.4. The van der Waals surface area contributed by atoms with Gasteiger partial charge in [0.15, 0.2) is 5.13 Å². The van der Waals surface area contributed by atoms with E-state index in [0.717, 1.165) is 65.6 Å². The number of carbonyl (C=O) groups is 1. The number of nitrogens with zero attached hydrogens (tertiary/aromatic N) is 2. The Morgan fingerprint density at radius 2 is 2.00 bits per heavy atom. The molecule has 134 valence electrons. The standard InChI is InChI=1S/C18H23N3O3S/c1-23-13-7-8-14(24-2)16-15(13)20-18(25-16)21-9-3-4-11(10-21)17(22)19-12-5-6-12/h7-8,11-12H,3-6,9-10H2,1-2H3,(H,19,22). The summed E-state index contributed by atoms with van der Waals surface area (Å²) < 4.78 is 11.9. The molecule has 1 saturated heterocycles. The number of anilines is 1.